The van der Waals surface area contributed by atoms with Crippen LogP contribution in [0.2, 0.25) is 0 Å². The van der Waals surface area contributed by atoms with Gasteiger partial charge in [-0.2, -0.15) is 11.8 Å². The number of hydrogen-bond acceptors (Lipinski definition) is 5. The summed E-state index contributed by atoms with van der Waals surface area (Å²) in [6.07, 6.45) is 5.02. The highest BCUT2D eigenvalue weighted by Gasteiger charge is 2.24. The predicted octanol–water partition coefficient (Wildman–Crippen LogP) is 1.92. The van der Waals surface area contributed by atoms with Crippen LogP contribution in [0.3, 0.4) is 0 Å². The Bertz CT molecular complexity index is 377. The highest BCUT2D eigenvalue weighted by Crippen LogP contribution is 2.31. The molecule has 0 radical (unpaired) electrons. The smallest absolute Gasteiger partial charge is 0.225 e. The summed E-state index contributed by atoms with van der Waals surface area (Å²) < 4.78 is 0.376. The molecule has 1 aliphatic heterocycles. The third kappa shape index (κ3) is 3.59. The van der Waals surface area contributed by atoms with Gasteiger partial charge in [0.15, 0.2) is 0 Å². The number of anilines is 1. The van der Waals surface area contributed by atoms with Gasteiger partial charge in [-0.3, -0.25) is 0 Å². The highest BCUT2D eigenvalue weighted by molar-refractivity contribution is 8.00. The summed E-state index contributed by atoms with van der Waals surface area (Å²) >= 11 is 2.04. The maximum Gasteiger partial charge on any atom is 0.225 e. The van der Waals surface area contributed by atoms with Crippen molar-refractivity contribution in [2.24, 2.45) is 0 Å². The van der Waals surface area contributed by atoms with Crippen molar-refractivity contribution in [2.45, 2.75) is 31.6 Å². The van der Waals surface area contributed by atoms with E-state index in [0.717, 1.165) is 36.9 Å². The quantitative estimate of drug-likeness (QED) is 0.905. The van der Waals surface area contributed by atoms with Crippen molar-refractivity contribution in [2.75, 3.05) is 30.8 Å². The zero-order valence-corrected chi connectivity index (χ0v) is 12.3. The van der Waals surface area contributed by atoms with Gasteiger partial charge in [0.1, 0.15) is 0 Å². The Balaban J connectivity index is 2.02. The molecule has 0 saturated carbocycles. The summed E-state index contributed by atoms with van der Waals surface area (Å²) in [4.78, 5) is 11.2. The minimum atomic E-state index is 0.376. The van der Waals surface area contributed by atoms with Crippen molar-refractivity contribution in [3.63, 3.8) is 0 Å². The van der Waals surface area contributed by atoms with Crippen LogP contribution in [0.4, 0.5) is 5.95 Å². The van der Waals surface area contributed by atoms with Crippen LogP contribution in [-0.4, -0.2) is 40.6 Å². The number of rotatable bonds is 3. The first-order chi connectivity index (χ1) is 8.61. The van der Waals surface area contributed by atoms with Crippen molar-refractivity contribution in [3.05, 3.63) is 18.0 Å². The Morgan fingerprint density at radius 2 is 2.06 bits per heavy atom. The molecule has 18 heavy (non-hydrogen) atoms. The molecule has 1 aromatic rings. The van der Waals surface area contributed by atoms with Crippen molar-refractivity contribution >= 4 is 17.7 Å². The average Bonchev–Trinajstić information content (AvgIpc) is 2.52. The SMILES string of the molecule is CNCc1cnc(N2CCSC(C)(C)CC2)nc1. The largest absolute Gasteiger partial charge is 0.340 e. The molecule has 2 rings (SSSR count). The van der Waals surface area contributed by atoms with Gasteiger partial charge in [-0.25, -0.2) is 9.97 Å². The van der Waals surface area contributed by atoms with Crippen LogP contribution >= 0.6 is 11.8 Å². The number of nitrogens with zero attached hydrogens (tertiary/aromatic N) is 3. The fourth-order valence-electron chi connectivity index (χ4n) is 2.03. The van der Waals surface area contributed by atoms with E-state index >= 15 is 0 Å². The number of hydrogen-bond donors (Lipinski definition) is 1. The van der Waals surface area contributed by atoms with Gasteiger partial charge in [-0.15, -0.1) is 0 Å². The zero-order chi connectivity index (χ0) is 13.0. The summed E-state index contributed by atoms with van der Waals surface area (Å²) in [7, 11) is 1.93. The average molecular weight is 266 g/mol. The van der Waals surface area contributed by atoms with Crippen LogP contribution in [0.5, 0.6) is 0 Å². The van der Waals surface area contributed by atoms with E-state index < -0.39 is 0 Å². The molecule has 1 N–H and O–H groups in total. The molecule has 0 unspecified atom stereocenters. The molecule has 1 fully saturated rings. The second kappa shape index (κ2) is 5.89. The third-order valence-electron chi connectivity index (χ3n) is 3.19. The van der Waals surface area contributed by atoms with E-state index in [1.807, 2.05) is 31.2 Å². The fourth-order valence-corrected chi connectivity index (χ4v) is 3.13. The molecule has 4 nitrogen and oxygen atoms in total. The minimum Gasteiger partial charge on any atom is -0.340 e. The van der Waals surface area contributed by atoms with E-state index in [0.29, 0.717) is 4.75 Å². The molecule has 0 bridgehead atoms. The fraction of sp³-hybridized carbons (Fsp3) is 0.692. The van der Waals surface area contributed by atoms with E-state index in [2.05, 4.69) is 34.0 Å². The first-order valence-corrected chi connectivity index (χ1v) is 7.44. The lowest BCUT2D eigenvalue weighted by atomic mass is 10.1. The molecular weight excluding hydrogens is 244 g/mol. The van der Waals surface area contributed by atoms with Crippen molar-refractivity contribution < 1.29 is 0 Å². The van der Waals surface area contributed by atoms with E-state index in [4.69, 9.17) is 0 Å². The molecule has 1 aliphatic rings. The lowest BCUT2D eigenvalue weighted by molar-refractivity contribution is 0.631. The zero-order valence-electron chi connectivity index (χ0n) is 11.4. The summed E-state index contributed by atoms with van der Waals surface area (Å²) in [5.74, 6) is 2.02. The molecule has 1 saturated heterocycles. The van der Waals surface area contributed by atoms with Crippen LogP contribution in [-0.2, 0) is 6.54 Å². The maximum absolute atomic E-state index is 4.48. The molecule has 1 aromatic heterocycles. The molecule has 0 amide bonds. The summed E-state index contributed by atoms with van der Waals surface area (Å²) in [6, 6.07) is 0. The van der Waals surface area contributed by atoms with E-state index in [-0.39, 0.29) is 0 Å². The van der Waals surface area contributed by atoms with Gasteiger partial charge in [0.05, 0.1) is 0 Å². The lowest BCUT2D eigenvalue weighted by Crippen LogP contribution is -2.28. The second-order valence-electron chi connectivity index (χ2n) is 5.27. The topological polar surface area (TPSA) is 41.1 Å². The molecule has 100 valence electrons. The molecule has 5 heteroatoms. The maximum atomic E-state index is 4.48. The molecule has 2 heterocycles. The van der Waals surface area contributed by atoms with Crippen LogP contribution in [0.1, 0.15) is 25.8 Å². The Morgan fingerprint density at radius 1 is 1.33 bits per heavy atom. The van der Waals surface area contributed by atoms with Crippen molar-refractivity contribution in [1.29, 1.82) is 0 Å². The Hall–Kier alpha value is -0.810. The molecule has 0 atom stereocenters. The monoisotopic (exact) mass is 266 g/mol. The van der Waals surface area contributed by atoms with Gasteiger partial charge < -0.3 is 10.2 Å². The normalized spacial score (nSPS) is 19.6. The van der Waals surface area contributed by atoms with Crippen LogP contribution in [0, 0.1) is 0 Å². The highest BCUT2D eigenvalue weighted by atomic mass is 32.2. The molecule has 0 aromatic carbocycles. The van der Waals surface area contributed by atoms with Gasteiger partial charge >= 0.3 is 0 Å². The van der Waals surface area contributed by atoms with E-state index in [1.54, 1.807) is 0 Å². The molecule has 0 spiro atoms. The Kier molecular flexibility index (Phi) is 4.45. The lowest BCUT2D eigenvalue weighted by Gasteiger charge is -2.22. The molecular formula is C13H22N4S. The summed E-state index contributed by atoms with van der Waals surface area (Å²) in [5, 5.41) is 3.11. The van der Waals surface area contributed by atoms with Crippen LogP contribution in [0.25, 0.3) is 0 Å². The van der Waals surface area contributed by atoms with Gasteiger partial charge in [0.2, 0.25) is 5.95 Å². The van der Waals surface area contributed by atoms with Crippen molar-refractivity contribution in [1.82, 2.24) is 15.3 Å². The predicted molar refractivity (Wildman–Crippen MR) is 78.2 cm³/mol. The number of aromatic nitrogens is 2. The number of thioether (sulfide) groups is 1. The van der Waals surface area contributed by atoms with E-state index in [1.165, 1.54) is 6.42 Å². The van der Waals surface area contributed by atoms with Crippen LogP contribution in [0.15, 0.2) is 12.4 Å². The summed E-state index contributed by atoms with van der Waals surface area (Å²) in [5.41, 5.74) is 1.13. The minimum absolute atomic E-state index is 0.376. The van der Waals surface area contributed by atoms with Crippen molar-refractivity contribution in [3.8, 4) is 0 Å². The third-order valence-corrected chi connectivity index (χ3v) is 4.57. The summed E-state index contributed by atoms with van der Waals surface area (Å²) in [6.45, 7) is 7.55. The van der Waals surface area contributed by atoms with Gasteiger partial charge in [0, 0.05) is 48.1 Å². The standard InChI is InChI=1S/C13H22N4S/c1-13(2)4-5-17(6-7-18-13)12-15-9-11(8-14-3)10-16-12/h9-10,14H,4-8H2,1-3H3. The Morgan fingerprint density at radius 3 is 2.72 bits per heavy atom. The van der Waals surface area contributed by atoms with Gasteiger partial charge in [0.25, 0.3) is 0 Å². The van der Waals surface area contributed by atoms with Crippen LogP contribution < -0.4 is 10.2 Å². The first kappa shape index (κ1) is 13.6. The van der Waals surface area contributed by atoms with Gasteiger partial charge in [-0.05, 0) is 13.5 Å². The second-order valence-corrected chi connectivity index (χ2v) is 7.07. The molecule has 0 aliphatic carbocycles. The Labute approximate surface area is 114 Å². The van der Waals surface area contributed by atoms with E-state index in [9.17, 15) is 0 Å². The first-order valence-electron chi connectivity index (χ1n) is 6.45. The number of nitrogens with one attached hydrogen (secondary N) is 1. The van der Waals surface area contributed by atoms with Gasteiger partial charge in [-0.1, -0.05) is 13.8 Å².